The Hall–Kier alpha value is -0.100. The fourth-order valence-electron chi connectivity index (χ4n) is 1.61. The van der Waals surface area contributed by atoms with Crippen LogP contribution in [0.5, 0.6) is 0 Å². The van der Waals surface area contributed by atoms with Crippen molar-refractivity contribution in [1.29, 1.82) is 0 Å². The van der Waals surface area contributed by atoms with Crippen LogP contribution in [0.2, 0.25) is 0 Å². The Morgan fingerprint density at radius 3 is 2.71 bits per heavy atom. The van der Waals surface area contributed by atoms with Gasteiger partial charge in [-0.25, -0.2) is 0 Å². The highest BCUT2D eigenvalue weighted by molar-refractivity contribution is 9.11. The van der Waals surface area contributed by atoms with Crippen molar-refractivity contribution < 1.29 is 4.42 Å². The minimum absolute atomic E-state index is 0.121. The van der Waals surface area contributed by atoms with Crippen LogP contribution in [0, 0.1) is 0 Å². The van der Waals surface area contributed by atoms with Crippen LogP contribution in [-0.2, 0) is 0 Å². The maximum absolute atomic E-state index is 5.57. The molecule has 0 saturated heterocycles. The zero-order valence-electron chi connectivity index (χ0n) is 9.37. The highest BCUT2D eigenvalue weighted by Crippen LogP contribution is 2.34. The average molecular weight is 379 g/mol. The first-order chi connectivity index (χ1) is 8.22. The Balaban J connectivity index is 2.28. The number of rotatable bonds is 5. The van der Waals surface area contributed by atoms with Gasteiger partial charge >= 0.3 is 0 Å². The summed E-state index contributed by atoms with van der Waals surface area (Å²) >= 11 is 8.75. The molecule has 2 aromatic rings. The van der Waals surface area contributed by atoms with Crippen molar-refractivity contribution in [3.8, 4) is 0 Å². The van der Waals surface area contributed by atoms with E-state index in [4.69, 9.17) is 4.42 Å². The molecule has 0 aliphatic carbocycles. The van der Waals surface area contributed by atoms with Gasteiger partial charge in [0.05, 0.1) is 14.5 Å². The van der Waals surface area contributed by atoms with Crippen molar-refractivity contribution in [3.63, 3.8) is 0 Å². The smallest absolute Gasteiger partial charge is 0.140 e. The van der Waals surface area contributed by atoms with E-state index >= 15 is 0 Å². The molecule has 1 atom stereocenters. The fourth-order valence-corrected chi connectivity index (χ4v) is 3.53. The van der Waals surface area contributed by atoms with E-state index in [-0.39, 0.29) is 6.04 Å². The second-order valence-electron chi connectivity index (χ2n) is 3.66. The summed E-state index contributed by atoms with van der Waals surface area (Å²) in [6.45, 7) is 3.12. The Bertz CT molecular complexity index is 480. The van der Waals surface area contributed by atoms with Gasteiger partial charge in [0, 0.05) is 4.88 Å². The van der Waals surface area contributed by atoms with Gasteiger partial charge in [0.2, 0.25) is 0 Å². The molecule has 5 heteroatoms. The quantitative estimate of drug-likeness (QED) is 0.795. The molecule has 17 heavy (non-hydrogen) atoms. The van der Waals surface area contributed by atoms with Crippen LogP contribution >= 0.6 is 43.2 Å². The lowest BCUT2D eigenvalue weighted by Crippen LogP contribution is -2.22. The van der Waals surface area contributed by atoms with Gasteiger partial charge in [-0.2, -0.15) is 0 Å². The van der Waals surface area contributed by atoms with Gasteiger partial charge in [-0.1, -0.05) is 6.92 Å². The van der Waals surface area contributed by atoms with Crippen molar-refractivity contribution in [2.45, 2.75) is 19.4 Å². The molecule has 1 N–H and O–H groups in total. The lowest BCUT2D eigenvalue weighted by Gasteiger charge is -2.15. The molecule has 2 aromatic heterocycles. The highest BCUT2D eigenvalue weighted by Gasteiger charge is 2.20. The van der Waals surface area contributed by atoms with Crippen LogP contribution in [0.4, 0.5) is 0 Å². The number of hydrogen-bond donors (Lipinski definition) is 1. The van der Waals surface area contributed by atoms with Crippen LogP contribution in [0.25, 0.3) is 0 Å². The predicted octanol–water partition coefficient (Wildman–Crippen LogP) is 4.96. The molecule has 2 rings (SSSR count). The minimum Gasteiger partial charge on any atom is -0.466 e. The second-order valence-corrected chi connectivity index (χ2v) is 7.01. The molecule has 92 valence electrons. The summed E-state index contributed by atoms with van der Waals surface area (Å²) in [5.41, 5.74) is 0. The summed E-state index contributed by atoms with van der Waals surface area (Å²) in [7, 11) is 0. The molecule has 0 bridgehead atoms. The summed E-state index contributed by atoms with van der Waals surface area (Å²) in [6, 6.07) is 6.24. The van der Waals surface area contributed by atoms with Gasteiger partial charge in [-0.3, -0.25) is 0 Å². The average Bonchev–Trinajstić information content (AvgIpc) is 2.90. The summed E-state index contributed by atoms with van der Waals surface area (Å²) in [4.78, 5) is 1.25. The molecule has 1 unspecified atom stereocenters. The first-order valence-electron chi connectivity index (χ1n) is 5.44. The normalized spacial score (nSPS) is 12.9. The summed E-state index contributed by atoms with van der Waals surface area (Å²) < 4.78 is 7.72. The van der Waals surface area contributed by atoms with Crippen LogP contribution in [0.1, 0.15) is 30.0 Å². The van der Waals surface area contributed by atoms with E-state index in [9.17, 15) is 0 Å². The van der Waals surface area contributed by atoms with Crippen molar-refractivity contribution in [1.82, 2.24) is 5.32 Å². The fraction of sp³-hybridized carbons (Fsp3) is 0.333. The molecule has 0 amide bonds. The number of hydrogen-bond acceptors (Lipinski definition) is 3. The lowest BCUT2D eigenvalue weighted by atomic mass is 10.2. The lowest BCUT2D eigenvalue weighted by molar-refractivity contribution is 0.447. The zero-order chi connectivity index (χ0) is 12.3. The van der Waals surface area contributed by atoms with E-state index in [1.807, 2.05) is 6.07 Å². The molecule has 0 radical (unpaired) electrons. The third-order valence-electron chi connectivity index (χ3n) is 2.38. The van der Waals surface area contributed by atoms with Crippen molar-refractivity contribution >= 4 is 43.2 Å². The molecule has 2 heterocycles. The summed E-state index contributed by atoms with van der Waals surface area (Å²) in [5, 5.41) is 3.51. The molecule has 2 nitrogen and oxygen atoms in total. The first-order valence-corrected chi connectivity index (χ1v) is 7.84. The van der Waals surface area contributed by atoms with Crippen LogP contribution < -0.4 is 5.32 Å². The topological polar surface area (TPSA) is 25.2 Å². The Morgan fingerprint density at radius 1 is 1.35 bits per heavy atom. The maximum atomic E-state index is 5.57. The van der Waals surface area contributed by atoms with Gasteiger partial charge in [-0.15, -0.1) is 11.3 Å². The summed E-state index contributed by atoms with van der Waals surface area (Å²) in [6.07, 6.45) is 2.81. The van der Waals surface area contributed by atoms with Gasteiger partial charge in [0.1, 0.15) is 11.8 Å². The standard InChI is InChI=1S/C12H13Br2NOS/c1-2-6-15-11(9-3-4-10(14)17-9)12-8(13)5-7-16-12/h3-5,7,11,15H,2,6H2,1H3. The highest BCUT2D eigenvalue weighted by atomic mass is 79.9. The van der Waals surface area contributed by atoms with Crippen molar-refractivity contribution in [2.24, 2.45) is 0 Å². The molecule has 0 saturated carbocycles. The summed E-state index contributed by atoms with van der Waals surface area (Å²) in [5.74, 6) is 0.938. The molecule has 0 aliphatic heterocycles. The van der Waals surface area contributed by atoms with E-state index < -0.39 is 0 Å². The van der Waals surface area contributed by atoms with Crippen molar-refractivity contribution in [3.05, 3.63) is 43.4 Å². The van der Waals surface area contributed by atoms with Crippen LogP contribution in [0.3, 0.4) is 0 Å². The zero-order valence-corrected chi connectivity index (χ0v) is 13.4. The van der Waals surface area contributed by atoms with Crippen LogP contribution in [-0.4, -0.2) is 6.54 Å². The number of thiophene rings is 1. The monoisotopic (exact) mass is 377 g/mol. The predicted molar refractivity (Wildman–Crippen MR) is 78.6 cm³/mol. The van der Waals surface area contributed by atoms with E-state index in [0.29, 0.717) is 0 Å². The Labute approximate surface area is 122 Å². The SMILES string of the molecule is CCCNC(c1ccc(Br)s1)c1occc1Br. The Morgan fingerprint density at radius 2 is 2.18 bits per heavy atom. The van der Waals surface area contributed by atoms with Crippen LogP contribution in [0.15, 0.2) is 37.1 Å². The van der Waals surface area contributed by atoms with E-state index in [1.54, 1.807) is 17.6 Å². The molecule has 0 fully saturated rings. The second kappa shape index (κ2) is 6.18. The van der Waals surface area contributed by atoms with Crippen molar-refractivity contribution in [2.75, 3.05) is 6.54 Å². The number of halogens is 2. The third kappa shape index (κ3) is 3.22. The largest absolute Gasteiger partial charge is 0.466 e. The van der Waals surface area contributed by atoms with E-state index in [0.717, 1.165) is 27.0 Å². The van der Waals surface area contributed by atoms with Gasteiger partial charge in [0.25, 0.3) is 0 Å². The maximum Gasteiger partial charge on any atom is 0.140 e. The number of furan rings is 1. The number of nitrogens with one attached hydrogen (secondary N) is 1. The van der Waals surface area contributed by atoms with E-state index in [1.165, 1.54) is 4.88 Å². The molecule has 0 aromatic carbocycles. The molecule has 0 spiro atoms. The van der Waals surface area contributed by atoms with Gasteiger partial charge < -0.3 is 9.73 Å². The molecule has 0 aliphatic rings. The van der Waals surface area contributed by atoms with Gasteiger partial charge in [-0.05, 0) is 63.0 Å². The minimum atomic E-state index is 0.121. The molecular weight excluding hydrogens is 366 g/mol. The Kier molecular flexibility index (Phi) is 4.85. The van der Waals surface area contributed by atoms with Gasteiger partial charge in [0.15, 0.2) is 0 Å². The molecular formula is C12H13Br2NOS. The third-order valence-corrected chi connectivity index (χ3v) is 4.73. The first kappa shape index (κ1) is 13.3. The van der Waals surface area contributed by atoms with E-state index in [2.05, 4.69) is 56.2 Å².